The van der Waals surface area contributed by atoms with Gasteiger partial charge in [-0.05, 0) is 18.6 Å². The molecule has 0 aromatic rings. The zero-order valence-corrected chi connectivity index (χ0v) is 19.2. The SMILES string of the molecule is C[Si](Cl)(Cl)CC[Si](Cl)(Cl)C([Si](Cl)Cl)[Si](Cl)(Cl)Cl. The van der Waals surface area contributed by atoms with Crippen LogP contribution in [0.4, 0.5) is 0 Å². The fourth-order valence-corrected chi connectivity index (χ4v) is 40.1. The standard InChI is InChI=1S/C4H8Cl9Si4/c1-15(7,8)2-3-16(9,10)4(14(5)6)17(11,12)13/h4H,2-3H2,1H3. The van der Waals surface area contributed by atoms with Crippen LogP contribution in [0.5, 0.6) is 0 Å². The largest absolute Gasteiger partial charge is 0.343 e. The maximum Gasteiger partial charge on any atom is 0.343 e. The summed E-state index contributed by atoms with van der Waals surface area (Å²) in [5.41, 5.74) is 0. The van der Waals surface area contributed by atoms with Crippen LogP contribution in [0.15, 0.2) is 0 Å². The molecule has 0 amide bonds. The van der Waals surface area contributed by atoms with Gasteiger partial charge in [-0.15, -0.1) is 99.7 Å². The lowest BCUT2D eigenvalue weighted by atomic mass is 10.9. The van der Waals surface area contributed by atoms with Gasteiger partial charge in [-0.3, -0.25) is 0 Å². The summed E-state index contributed by atoms with van der Waals surface area (Å²) in [6, 6.07) is -2.19. The third-order valence-corrected chi connectivity index (χ3v) is 28.2. The second-order valence-electron chi connectivity index (χ2n) is 3.60. The zero-order chi connectivity index (χ0) is 14.1. The van der Waals surface area contributed by atoms with Crippen molar-refractivity contribution in [3.05, 3.63) is 0 Å². The quantitative estimate of drug-likeness (QED) is 0.295. The molecule has 103 valence electrons. The monoisotopic (exact) mass is 483 g/mol. The van der Waals surface area contributed by atoms with Gasteiger partial charge in [0.2, 0.25) is 6.69 Å². The van der Waals surface area contributed by atoms with Gasteiger partial charge in [0.05, 0.1) is 0 Å². The zero-order valence-electron chi connectivity index (χ0n) is 8.39. The molecule has 1 unspecified atom stereocenters. The molecule has 0 N–H and O–H groups in total. The van der Waals surface area contributed by atoms with Crippen LogP contribution in [-0.2, 0) is 0 Å². The first kappa shape index (κ1) is 20.5. The van der Waals surface area contributed by atoms with E-state index < -0.39 is 31.6 Å². The van der Waals surface area contributed by atoms with E-state index in [0.29, 0.717) is 12.1 Å². The fourth-order valence-electron chi connectivity index (χ4n) is 1.05. The van der Waals surface area contributed by atoms with Crippen molar-refractivity contribution < 1.29 is 0 Å². The van der Waals surface area contributed by atoms with Crippen molar-refractivity contribution in [1.82, 2.24) is 0 Å². The summed E-state index contributed by atoms with van der Waals surface area (Å²) in [4.78, 5) is -0.582. The van der Waals surface area contributed by atoms with Crippen LogP contribution in [0.2, 0.25) is 23.4 Å². The predicted octanol–water partition coefficient (Wildman–Crippen LogP) is 6.53. The molecule has 0 saturated carbocycles. The molecular weight excluding hydrogens is 479 g/mol. The maximum absolute atomic E-state index is 6.34. The predicted molar refractivity (Wildman–Crippen MR) is 94.9 cm³/mol. The Morgan fingerprint density at radius 3 is 1.53 bits per heavy atom. The number of halogens is 9. The molecule has 13 heteroatoms. The van der Waals surface area contributed by atoms with E-state index in [4.69, 9.17) is 99.7 Å². The lowest BCUT2D eigenvalue weighted by Crippen LogP contribution is -2.44. The average molecular weight is 488 g/mol. The van der Waals surface area contributed by atoms with E-state index in [-0.39, 0.29) is 0 Å². The lowest BCUT2D eigenvalue weighted by molar-refractivity contribution is 1.35. The Bertz CT molecular complexity index is 244. The van der Waals surface area contributed by atoms with E-state index in [1.54, 1.807) is 6.55 Å². The molecule has 0 fully saturated rings. The number of hydrogen-bond donors (Lipinski definition) is 0. The highest BCUT2D eigenvalue weighted by Gasteiger charge is 2.56. The van der Waals surface area contributed by atoms with Crippen LogP contribution in [-0.4, -0.2) is 26.8 Å². The van der Waals surface area contributed by atoms with Crippen molar-refractivity contribution in [2.24, 2.45) is 0 Å². The highest BCUT2D eigenvalue weighted by molar-refractivity contribution is 7.74. The molecule has 1 atom stereocenters. The van der Waals surface area contributed by atoms with Crippen LogP contribution in [0.1, 0.15) is 0 Å². The summed E-state index contributed by atoms with van der Waals surface area (Å²) in [6.45, 7) is -3.39. The van der Waals surface area contributed by atoms with Crippen molar-refractivity contribution in [1.29, 1.82) is 0 Å². The summed E-state index contributed by atoms with van der Waals surface area (Å²) in [7, 11) is -1.92. The summed E-state index contributed by atoms with van der Waals surface area (Å²) >= 11 is 54.4. The Hall–Kier alpha value is 3.48. The normalized spacial score (nSPS) is 16.4. The van der Waals surface area contributed by atoms with Gasteiger partial charge >= 0.3 is 6.00 Å². The van der Waals surface area contributed by atoms with Gasteiger partial charge in [-0.25, -0.2) is 0 Å². The molecule has 0 spiro atoms. The van der Waals surface area contributed by atoms with Crippen molar-refractivity contribution in [2.45, 2.75) is 23.4 Å². The molecule has 0 aromatic carbocycles. The highest BCUT2D eigenvalue weighted by atomic mass is 35.8. The molecule has 1 radical (unpaired) electrons. The Kier molecular flexibility index (Phi) is 9.22. The number of rotatable bonds is 6. The van der Waals surface area contributed by atoms with Crippen LogP contribution >= 0.6 is 99.7 Å². The summed E-state index contributed by atoms with van der Waals surface area (Å²) < 4.78 is 0. The Labute approximate surface area is 148 Å². The molecular formula is C4H8Cl9Si4. The average Bonchev–Trinajstić information content (AvgIpc) is 1.94. The first-order valence-electron chi connectivity index (χ1n) is 4.27. The summed E-state index contributed by atoms with van der Waals surface area (Å²) in [5.74, 6) is 0. The smallest absolute Gasteiger partial charge is 0.147 e. The highest BCUT2D eigenvalue weighted by Crippen LogP contribution is 2.50. The topological polar surface area (TPSA) is 0 Å². The van der Waals surface area contributed by atoms with E-state index in [0.717, 1.165) is 0 Å². The van der Waals surface area contributed by atoms with Gasteiger partial charge in [-0.2, -0.15) is 0 Å². The lowest BCUT2D eigenvalue weighted by Gasteiger charge is -2.31. The molecule has 0 heterocycles. The van der Waals surface area contributed by atoms with Gasteiger partial charge in [0.25, 0.3) is 14.1 Å². The molecule has 0 aliphatic heterocycles. The van der Waals surface area contributed by atoms with E-state index in [2.05, 4.69) is 0 Å². The molecule has 0 bridgehead atoms. The third kappa shape index (κ3) is 8.49. The molecule has 17 heavy (non-hydrogen) atoms. The third-order valence-electron chi connectivity index (χ3n) is 1.87. The first-order valence-corrected chi connectivity index (χ1v) is 22.0. The molecule has 0 aromatic heterocycles. The van der Waals surface area contributed by atoms with Gasteiger partial charge < -0.3 is 0 Å². The molecule has 0 aliphatic carbocycles. The number of hydrogen-bond acceptors (Lipinski definition) is 0. The summed E-state index contributed by atoms with van der Waals surface area (Å²) in [5, 5.41) is 0. The second kappa shape index (κ2) is 7.65. The van der Waals surface area contributed by atoms with Gasteiger partial charge in [0.15, 0.2) is 0 Å². The van der Waals surface area contributed by atoms with Crippen LogP contribution in [0.25, 0.3) is 0 Å². The second-order valence-corrected chi connectivity index (χ2v) is 33.7. The Balaban J connectivity index is 4.86. The van der Waals surface area contributed by atoms with Crippen molar-refractivity contribution in [3.8, 4) is 0 Å². The van der Waals surface area contributed by atoms with Crippen LogP contribution in [0.3, 0.4) is 0 Å². The van der Waals surface area contributed by atoms with Crippen molar-refractivity contribution in [2.75, 3.05) is 0 Å². The van der Waals surface area contributed by atoms with E-state index in [1.807, 2.05) is 0 Å². The molecule has 0 nitrogen and oxygen atoms in total. The fraction of sp³-hybridized carbons (Fsp3) is 1.00. The first-order chi connectivity index (χ1) is 7.27. The maximum atomic E-state index is 6.34. The van der Waals surface area contributed by atoms with Gasteiger partial charge in [0.1, 0.15) is 0 Å². The molecule has 0 saturated heterocycles. The molecule has 0 rings (SSSR count). The summed E-state index contributed by atoms with van der Waals surface area (Å²) in [6.07, 6.45) is 0. The van der Waals surface area contributed by atoms with Crippen molar-refractivity contribution >= 4 is 127 Å². The van der Waals surface area contributed by atoms with Gasteiger partial charge in [-0.1, -0.05) is 0 Å². The Morgan fingerprint density at radius 1 is 0.882 bits per heavy atom. The minimum atomic E-state index is -3.16. The minimum Gasteiger partial charge on any atom is -0.147 e. The van der Waals surface area contributed by atoms with E-state index in [9.17, 15) is 0 Å². The molecule has 0 aliphatic rings. The van der Waals surface area contributed by atoms with E-state index in [1.165, 1.54) is 0 Å². The minimum absolute atomic E-state index is 0.436. The van der Waals surface area contributed by atoms with Crippen LogP contribution in [0, 0.1) is 0 Å². The Morgan fingerprint density at radius 2 is 1.29 bits per heavy atom. The van der Waals surface area contributed by atoms with Gasteiger partial charge in [0, 0.05) is 4.79 Å². The van der Waals surface area contributed by atoms with Crippen LogP contribution < -0.4 is 0 Å². The van der Waals surface area contributed by atoms with E-state index >= 15 is 0 Å². The van der Waals surface area contributed by atoms with Crippen molar-refractivity contribution in [3.63, 3.8) is 0 Å².